The lowest BCUT2D eigenvalue weighted by molar-refractivity contribution is -0.0542. The van der Waals surface area contributed by atoms with Gasteiger partial charge in [0.2, 0.25) is 0 Å². The molecular weight excluding hydrogens is 486 g/mol. The second kappa shape index (κ2) is 9.84. The molecule has 2 aromatic rings. The molecule has 1 aromatic carbocycles. The Bertz CT molecular complexity index is 1270. The van der Waals surface area contributed by atoms with Crippen LogP contribution in [0.1, 0.15) is 17.4 Å². The van der Waals surface area contributed by atoms with Crippen molar-refractivity contribution in [2.75, 3.05) is 6.61 Å². The van der Waals surface area contributed by atoms with E-state index in [4.69, 9.17) is 14.5 Å². The van der Waals surface area contributed by atoms with Crippen molar-refractivity contribution in [2.24, 2.45) is 0 Å². The van der Waals surface area contributed by atoms with Gasteiger partial charge in [0.15, 0.2) is 6.23 Å². The predicted octanol–water partition coefficient (Wildman–Crippen LogP) is -1.22. The molecule has 3 rings (SSSR count). The van der Waals surface area contributed by atoms with E-state index >= 15 is 0 Å². The average Bonchev–Trinajstić information content (AvgIpc) is 2.99. The van der Waals surface area contributed by atoms with Crippen molar-refractivity contribution < 1.29 is 47.6 Å². The number of aliphatic hydroxyl groups is 2. The van der Waals surface area contributed by atoms with Gasteiger partial charge in [0.05, 0.1) is 6.61 Å². The maximum atomic E-state index is 12.3. The van der Waals surface area contributed by atoms with Crippen LogP contribution in [-0.4, -0.2) is 59.4 Å². The van der Waals surface area contributed by atoms with Crippen LogP contribution in [-0.2, 0) is 22.7 Å². The minimum Gasteiger partial charge on any atom is -0.387 e. The summed E-state index contributed by atoms with van der Waals surface area (Å²) in [7, 11) is -10.6. The number of aromatic nitrogens is 2. The highest BCUT2D eigenvalue weighted by atomic mass is 31.3. The topological polar surface area (TPSA) is 218 Å². The first-order valence-corrected chi connectivity index (χ1v) is 12.1. The van der Waals surface area contributed by atoms with Gasteiger partial charge >= 0.3 is 21.3 Å². The summed E-state index contributed by atoms with van der Waals surface area (Å²) in [5.41, 5.74) is -1.37. The van der Waals surface area contributed by atoms with Crippen LogP contribution in [0.3, 0.4) is 0 Å². The second-order valence-corrected chi connectivity index (χ2v) is 9.54. The van der Waals surface area contributed by atoms with E-state index in [0.717, 1.165) is 10.8 Å². The first-order valence-electron chi connectivity index (χ1n) is 9.05. The van der Waals surface area contributed by atoms with Gasteiger partial charge in [0.25, 0.3) is 5.56 Å². The van der Waals surface area contributed by atoms with Crippen LogP contribution in [0.15, 0.2) is 46.1 Å². The lowest BCUT2D eigenvalue weighted by Gasteiger charge is -2.18. The van der Waals surface area contributed by atoms with E-state index in [0.29, 0.717) is 5.56 Å². The minimum atomic E-state index is -5.36. The Labute approximate surface area is 184 Å². The van der Waals surface area contributed by atoms with Gasteiger partial charge in [-0.3, -0.25) is 18.9 Å². The molecule has 0 bridgehead atoms. The Hall–Kier alpha value is -2.40. The Morgan fingerprint density at radius 3 is 2.36 bits per heavy atom. The van der Waals surface area contributed by atoms with Crippen molar-refractivity contribution in [1.82, 2.24) is 9.55 Å². The zero-order valence-electron chi connectivity index (χ0n) is 16.4. The fraction of sp³-hybridized carbons (Fsp3) is 0.294. The quantitative estimate of drug-likeness (QED) is 0.202. The number of nitrogens with zero attached hydrogens (tertiary/aromatic N) is 1. The van der Waals surface area contributed by atoms with Crippen LogP contribution < -0.4 is 11.2 Å². The van der Waals surface area contributed by atoms with Crippen LogP contribution in [0.5, 0.6) is 0 Å². The van der Waals surface area contributed by atoms with Crippen LogP contribution in [0.4, 0.5) is 0 Å². The van der Waals surface area contributed by atoms with Gasteiger partial charge in [-0.2, -0.15) is 4.31 Å². The number of phosphoric ester groups is 1. The summed E-state index contributed by atoms with van der Waals surface area (Å²) in [5, 5.41) is 20.4. The van der Waals surface area contributed by atoms with Crippen LogP contribution in [0.25, 0.3) is 0 Å². The Kier molecular flexibility index (Phi) is 7.52. The molecule has 1 saturated heterocycles. The first-order chi connectivity index (χ1) is 15.4. The number of hydrogen-bond acceptors (Lipinski definition) is 9. The molecule has 6 N–H and O–H groups in total. The van der Waals surface area contributed by atoms with Crippen molar-refractivity contribution in [3.8, 4) is 11.8 Å². The number of ether oxygens (including phenoxy) is 1. The normalized spacial score (nSPS) is 24.6. The molecule has 1 fully saturated rings. The van der Waals surface area contributed by atoms with Gasteiger partial charge in [0, 0.05) is 11.8 Å². The summed E-state index contributed by atoms with van der Waals surface area (Å²) in [6.45, 7) is -0.943. The molecule has 5 atom stereocenters. The highest BCUT2D eigenvalue weighted by Crippen LogP contribution is 2.57. The molecule has 1 aliphatic rings. The van der Waals surface area contributed by atoms with Gasteiger partial charge in [0.1, 0.15) is 23.9 Å². The van der Waals surface area contributed by atoms with Gasteiger partial charge in [-0.15, -0.1) is 0 Å². The number of rotatable bonds is 6. The fourth-order valence-electron chi connectivity index (χ4n) is 2.85. The van der Waals surface area contributed by atoms with Crippen molar-refractivity contribution >= 4 is 15.6 Å². The molecule has 1 unspecified atom stereocenters. The monoisotopic (exact) mass is 504 g/mol. The summed E-state index contributed by atoms with van der Waals surface area (Å²) >= 11 is 0. The number of aliphatic hydroxyl groups excluding tert-OH is 2. The largest absolute Gasteiger partial charge is 0.481 e. The molecule has 33 heavy (non-hydrogen) atoms. The molecule has 0 saturated carbocycles. The smallest absolute Gasteiger partial charge is 0.387 e. The lowest BCUT2D eigenvalue weighted by Crippen LogP contribution is -2.38. The molecule has 2 heterocycles. The third-order valence-electron chi connectivity index (χ3n) is 4.31. The number of benzene rings is 1. The van der Waals surface area contributed by atoms with Crippen molar-refractivity contribution in [2.45, 2.75) is 24.5 Å². The highest BCUT2D eigenvalue weighted by molar-refractivity contribution is 7.60. The molecule has 0 spiro atoms. The van der Waals surface area contributed by atoms with E-state index in [1.54, 1.807) is 30.3 Å². The molecule has 0 radical (unpaired) electrons. The summed E-state index contributed by atoms with van der Waals surface area (Å²) in [4.78, 5) is 52.9. The molecule has 1 aliphatic heterocycles. The summed E-state index contributed by atoms with van der Waals surface area (Å²) in [6.07, 6.45) is -5.56. The van der Waals surface area contributed by atoms with E-state index in [2.05, 4.69) is 20.7 Å². The molecule has 178 valence electrons. The zero-order chi connectivity index (χ0) is 24.4. The molecule has 0 aliphatic carbocycles. The van der Waals surface area contributed by atoms with Gasteiger partial charge < -0.3 is 29.6 Å². The van der Waals surface area contributed by atoms with E-state index in [1.807, 2.05) is 4.98 Å². The average molecular weight is 504 g/mol. The van der Waals surface area contributed by atoms with Gasteiger partial charge in [-0.25, -0.2) is 13.9 Å². The number of hydrogen-bond donors (Lipinski definition) is 6. The lowest BCUT2D eigenvalue weighted by atomic mass is 10.1. The standard InChI is InChI=1S/C17H18N2O12P2/c20-13-12(9-29-33(27,28)31-32(24,25)26)30-16(14(13)21)19-8-11(15(22)18-17(19)23)7-6-10-4-2-1-3-5-10/h1-5,8,12-14,16,20-21H,9H2,(H,27,28)(H,18,22,23)(H2,24,25,26)/t12-,13-,14-,16-/m1/s1. The van der Waals surface area contributed by atoms with Crippen LogP contribution >= 0.6 is 15.6 Å². The predicted molar refractivity (Wildman–Crippen MR) is 109 cm³/mol. The van der Waals surface area contributed by atoms with Gasteiger partial charge in [-0.05, 0) is 12.1 Å². The Morgan fingerprint density at radius 1 is 1.06 bits per heavy atom. The Balaban J connectivity index is 1.81. The second-order valence-electron chi connectivity index (χ2n) is 6.71. The SMILES string of the molecule is O=c1[nH]c(=O)n([C@@H]2O[C@H](COP(=O)(O)OP(=O)(O)O)[C@@H](O)[C@H]2O)cc1C#Cc1ccccc1. The van der Waals surface area contributed by atoms with E-state index in [-0.39, 0.29) is 5.56 Å². The fourth-order valence-corrected chi connectivity index (χ4v) is 4.45. The molecule has 1 aromatic heterocycles. The molecule has 16 heteroatoms. The number of aromatic amines is 1. The third kappa shape index (κ3) is 6.57. The highest BCUT2D eigenvalue weighted by Gasteiger charge is 2.45. The number of H-pyrrole nitrogens is 1. The molecule has 14 nitrogen and oxygen atoms in total. The first kappa shape index (κ1) is 25.2. The summed E-state index contributed by atoms with van der Waals surface area (Å²) < 4.78 is 36.3. The van der Waals surface area contributed by atoms with E-state index < -0.39 is 58.0 Å². The van der Waals surface area contributed by atoms with Crippen molar-refractivity contribution in [3.05, 3.63) is 68.5 Å². The van der Waals surface area contributed by atoms with Crippen molar-refractivity contribution in [1.29, 1.82) is 0 Å². The van der Waals surface area contributed by atoms with Crippen LogP contribution in [0.2, 0.25) is 0 Å². The molecule has 0 amide bonds. The summed E-state index contributed by atoms with van der Waals surface area (Å²) in [6, 6.07) is 8.63. The van der Waals surface area contributed by atoms with Crippen molar-refractivity contribution in [3.63, 3.8) is 0 Å². The number of phosphoric acid groups is 2. The minimum absolute atomic E-state index is 0.154. The maximum absolute atomic E-state index is 12.3. The van der Waals surface area contributed by atoms with Gasteiger partial charge in [-0.1, -0.05) is 30.0 Å². The maximum Gasteiger partial charge on any atom is 0.481 e. The van der Waals surface area contributed by atoms with E-state index in [1.165, 1.54) is 0 Å². The molecular formula is C17H18N2O12P2. The van der Waals surface area contributed by atoms with Crippen LogP contribution in [0, 0.1) is 11.8 Å². The Morgan fingerprint density at radius 2 is 1.73 bits per heavy atom. The summed E-state index contributed by atoms with van der Waals surface area (Å²) in [5.74, 6) is 5.31. The zero-order valence-corrected chi connectivity index (χ0v) is 18.2. The third-order valence-corrected chi connectivity index (χ3v) is 6.46. The van der Waals surface area contributed by atoms with E-state index in [9.17, 15) is 33.8 Å². The number of nitrogens with one attached hydrogen (secondary N) is 1.